The van der Waals surface area contributed by atoms with Crippen molar-refractivity contribution in [3.05, 3.63) is 45.5 Å². The van der Waals surface area contributed by atoms with Crippen LogP contribution in [0.3, 0.4) is 0 Å². The van der Waals surface area contributed by atoms with E-state index in [4.69, 9.17) is 4.74 Å². The molecular formula is C20H25FN2O3. The second-order valence-electron chi connectivity index (χ2n) is 6.79. The lowest BCUT2D eigenvalue weighted by Gasteiger charge is -2.25. The van der Waals surface area contributed by atoms with Crippen LogP contribution in [-0.2, 0) is 11.3 Å². The normalized spacial score (nSPS) is 17.8. The van der Waals surface area contributed by atoms with E-state index in [0.717, 1.165) is 25.9 Å². The van der Waals surface area contributed by atoms with Crippen molar-refractivity contribution in [2.24, 2.45) is 0 Å². The lowest BCUT2D eigenvalue weighted by molar-refractivity contribution is 0.0524. The minimum atomic E-state index is -0.631. The Kier molecular flexibility index (Phi) is 5.41. The molecule has 0 spiro atoms. The number of benzene rings is 1. The molecule has 1 aromatic heterocycles. The van der Waals surface area contributed by atoms with Gasteiger partial charge >= 0.3 is 5.97 Å². The molecule has 0 saturated carbocycles. The molecule has 0 bridgehead atoms. The zero-order chi connectivity index (χ0) is 18.8. The lowest BCUT2D eigenvalue weighted by Crippen LogP contribution is -2.33. The Labute approximate surface area is 152 Å². The Hall–Kier alpha value is -2.21. The van der Waals surface area contributed by atoms with E-state index in [0.29, 0.717) is 29.1 Å². The van der Waals surface area contributed by atoms with Gasteiger partial charge in [0, 0.05) is 24.2 Å². The van der Waals surface area contributed by atoms with Crippen LogP contribution in [0.2, 0.25) is 0 Å². The highest BCUT2D eigenvalue weighted by atomic mass is 19.1. The van der Waals surface area contributed by atoms with Gasteiger partial charge in [-0.3, -0.25) is 9.69 Å². The van der Waals surface area contributed by atoms with Crippen LogP contribution >= 0.6 is 0 Å². The molecule has 5 nitrogen and oxygen atoms in total. The number of aryl methyl sites for hydroxylation is 1. The van der Waals surface area contributed by atoms with Gasteiger partial charge in [0.2, 0.25) is 5.43 Å². The number of likely N-dealkylation sites (N-methyl/N-ethyl adjacent to an activating group) is 1. The van der Waals surface area contributed by atoms with E-state index < -0.39 is 11.4 Å². The van der Waals surface area contributed by atoms with E-state index in [1.54, 1.807) is 13.8 Å². The van der Waals surface area contributed by atoms with E-state index in [1.165, 1.54) is 18.3 Å². The molecule has 0 aliphatic carbocycles. The number of ether oxygens (including phenoxy) is 1. The third-order valence-electron chi connectivity index (χ3n) is 5.17. The van der Waals surface area contributed by atoms with Crippen molar-refractivity contribution in [3.8, 4) is 0 Å². The molecule has 1 atom stereocenters. The SMILES string of the molecule is CCOC(=O)c1cn(CC2CCCN2CC)c2cc(F)c(C)cc2c1=O. The first-order valence-corrected chi connectivity index (χ1v) is 9.20. The lowest BCUT2D eigenvalue weighted by atomic mass is 10.1. The van der Waals surface area contributed by atoms with Crippen molar-refractivity contribution >= 4 is 16.9 Å². The fraction of sp³-hybridized carbons (Fsp3) is 0.500. The number of likely N-dealkylation sites (tertiary alicyclic amines) is 1. The second-order valence-corrected chi connectivity index (χ2v) is 6.79. The third kappa shape index (κ3) is 3.38. The molecule has 1 aliphatic rings. The maximum atomic E-state index is 14.2. The molecule has 6 heteroatoms. The Morgan fingerprint density at radius 1 is 1.35 bits per heavy atom. The van der Waals surface area contributed by atoms with Crippen molar-refractivity contribution in [1.29, 1.82) is 0 Å². The number of hydrogen-bond acceptors (Lipinski definition) is 4. The van der Waals surface area contributed by atoms with Crippen LogP contribution in [0.25, 0.3) is 10.9 Å². The van der Waals surface area contributed by atoms with Gasteiger partial charge in [-0.25, -0.2) is 9.18 Å². The Balaban J connectivity index is 2.15. The van der Waals surface area contributed by atoms with Gasteiger partial charge in [-0.05, 0) is 57.5 Å². The molecule has 0 amide bonds. The third-order valence-corrected chi connectivity index (χ3v) is 5.17. The number of esters is 1. The number of carbonyl (C=O) groups excluding carboxylic acids is 1. The minimum Gasteiger partial charge on any atom is -0.462 e. The number of carbonyl (C=O) groups is 1. The van der Waals surface area contributed by atoms with Gasteiger partial charge in [0.1, 0.15) is 11.4 Å². The summed E-state index contributed by atoms with van der Waals surface area (Å²) in [6.07, 6.45) is 3.70. The first-order valence-electron chi connectivity index (χ1n) is 9.20. The number of pyridine rings is 1. The fourth-order valence-corrected chi connectivity index (χ4v) is 3.77. The molecular weight excluding hydrogens is 335 g/mol. The van der Waals surface area contributed by atoms with Gasteiger partial charge in [0.25, 0.3) is 0 Å². The number of fused-ring (bicyclic) bond motifs is 1. The molecule has 0 N–H and O–H groups in total. The van der Waals surface area contributed by atoms with E-state index >= 15 is 0 Å². The largest absolute Gasteiger partial charge is 0.462 e. The van der Waals surface area contributed by atoms with Crippen LogP contribution in [0.15, 0.2) is 23.1 Å². The average Bonchev–Trinajstić information content (AvgIpc) is 3.06. The standard InChI is InChI=1S/C20H25FN2O3/c1-4-22-8-6-7-14(22)11-23-12-16(20(25)26-5-2)19(24)15-9-13(3)17(21)10-18(15)23/h9-10,12,14H,4-8,11H2,1-3H3. The quantitative estimate of drug-likeness (QED) is 0.769. The van der Waals surface area contributed by atoms with Crippen molar-refractivity contribution in [3.63, 3.8) is 0 Å². The van der Waals surface area contributed by atoms with Crippen LogP contribution in [0.5, 0.6) is 0 Å². The van der Waals surface area contributed by atoms with E-state index in [-0.39, 0.29) is 18.0 Å². The zero-order valence-corrected chi connectivity index (χ0v) is 15.5. The number of halogens is 1. The first kappa shape index (κ1) is 18.6. The van der Waals surface area contributed by atoms with E-state index in [2.05, 4.69) is 11.8 Å². The molecule has 1 unspecified atom stereocenters. The van der Waals surface area contributed by atoms with E-state index in [1.807, 2.05) is 4.57 Å². The molecule has 140 valence electrons. The predicted molar refractivity (Wildman–Crippen MR) is 99.1 cm³/mol. The molecule has 2 heterocycles. The summed E-state index contributed by atoms with van der Waals surface area (Å²) in [5.74, 6) is -0.984. The van der Waals surface area contributed by atoms with Gasteiger partial charge in [-0.1, -0.05) is 6.92 Å². The summed E-state index contributed by atoms with van der Waals surface area (Å²) in [6.45, 7) is 8.23. The van der Waals surface area contributed by atoms with E-state index in [9.17, 15) is 14.0 Å². The maximum absolute atomic E-state index is 14.2. The van der Waals surface area contributed by atoms with Gasteiger partial charge in [0.05, 0.1) is 12.1 Å². The Morgan fingerprint density at radius 2 is 2.12 bits per heavy atom. The summed E-state index contributed by atoms with van der Waals surface area (Å²) < 4.78 is 21.1. The van der Waals surface area contributed by atoms with Crippen molar-refractivity contribution < 1.29 is 13.9 Å². The summed E-state index contributed by atoms with van der Waals surface area (Å²) in [4.78, 5) is 27.4. The van der Waals surface area contributed by atoms with Crippen LogP contribution in [-0.4, -0.2) is 41.2 Å². The number of hydrogen-bond donors (Lipinski definition) is 0. The average molecular weight is 360 g/mol. The molecule has 26 heavy (non-hydrogen) atoms. The molecule has 1 saturated heterocycles. The summed E-state index contributed by atoms with van der Waals surface area (Å²) in [6, 6.07) is 3.23. The Bertz CT molecular complexity index is 891. The van der Waals surface area contributed by atoms with Gasteiger partial charge < -0.3 is 9.30 Å². The summed E-state index contributed by atoms with van der Waals surface area (Å²) in [5, 5.41) is 0.357. The highest BCUT2D eigenvalue weighted by molar-refractivity contribution is 5.94. The van der Waals surface area contributed by atoms with Crippen molar-refractivity contribution in [1.82, 2.24) is 9.47 Å². The molecule has 1 aromatic carbocycles. The van der Waals surface area contributed by atoms with Crippen LogP contribution in [0.4, 0.5) is 4.39 Å². The smallest absolute Gasteiger partial charge is 0.343 e. The number of aromatic nitrogens is 1. The molecule has 2 aromatic rings. The number of nitrogens with zero attached hydrogens (tertiary/aromatic N) is 2. The van der Waals surface area contributed by atoms with Gasteiger partial charge in [0.15, 0.2) is 0 Å². The maximum Gasteiger partial charge on any atom is 0.343 e. The summed E-state index contributed by atoms with van der Waals surface area (Å²) in [5.41, 5.74) is 0.510. The summed E-state index contributed by atoms with van der Waals surface area (Å²) in [7, 11) is 0. The zero-order valence-electron chi connectivity index (χ0n) is 15.5. The van der Waals surface area contributed by atoms with Gasteiger partial charge in [-0.15, -0.1) is 0 Å². The van der Waals surface area contributed by atoms with Gasteiger partial charge in [-0.2, -0.15) is 0 Å². The highest BCUT2D eigenvalue weighted by Gasteiger charge is 2.25. The predicted octanol–water partition coefficient (Wildman–Crippen LogP) is 3.11. The molecule has 3 rings (SSSR count). The second kappa shape index (κ2) is 7.58. The summed E-state index contributed by atoms with van der Waals surface area (Å²) >= 11 is 0. The van der Waals surface area contributed by atoms with Crippen molar-refractivity contribution in [2.75, 3.05) is 19.7 Å². The van der Waals surface area contributed by atoms with Crippen LogP contribution in [0.1, 0.15) is 42.6 Å². The van der Waals surface area contributed by atoms with Crippen LogP contribution in [0, 0.1) is 12.7 Å². The monoisotopic (exact) mass is 360 g/mol. The minimum absolute atomic E-state index is 0.00593. The molecule has 0 radical (unpaired) electrons. The fourth-order valence-electron chi connectivity index (χ4n) is 3.77. The Morgan fingerprint density at radius 3 is 2.81 bits per heavy atom. The molecule has 1 aliphatic heterocycles. The topological polar surface area (TPSA) is 51.5 Å². The molecule has 1 fully saturated rings. The van der Waals surface area contributed by atoms with Crippen LogP contribution < -0.4 is 5.43 Å². The first-order chi connectivity index (χ1) is 12.5. The highest BCUT2D eigenvalue weighted by Crippen LogP contribution is 2.22. The number of rotatable bonds is 5. The van der Waals surface area contributed by atoms with Crippen molar-refractivity contribution in [2.45, 2.75) is 46.2 Å².